The van der Waals surface area contributed by atoms with Crippen LogP contribution in [-0.4, -0.2) is 53.0 Å². The fourth-order valence-corrected chi connectivity index (χ4v) is 2.36. The van der Waals surface area contributed by atoms with Crippen molar-refractivity contribution in [1.29, 1.82) is 0 Å². The number of hydrogen-bond donors (Lipinski definition) is 3. The zero-order chi connectivity index (χ0) is 17.8. The number of nitrogens with one attached hydrogen (secondary N) is 1. The van der Waals surface area contributed by atoms with Crippen molar-refractivity contribution in [1.82, 2.24) is 5.32 Å². The van der Waals surface area contributed by atoms with Crippen molar-refractivity contribution in [3.63, 3.8) is 0 Å². The Bertz CT molecular complexity index is 411. The van der Waals surface area contributed by atoms with Crippen molar-refractivity contribution >= 4 is 34.7 Å². The van der Waals surface area contributed by atoms with Gasteiger partial charge in [-0.05, 0) is 25.8 Å². The maximum atomic E-state index is 12.2. The number of carbonyl (C=O) groups is 4. The Kier molecular flexibility index (Phi) is 11.1. The number of carboxylic acids is 1. The molecule has 0 radical (unpaired) electrons. The number of ether oxygens (including phenoxy) is 1. The van der Waals surface area contributed by atoms with Gasteiger partial charge in [-0.15, -0.1) is 0 Å². The molecule has 0 rings (SSSR count). The molecule has 0 spiro atoms. The Balaban J connectivity index is 4.69. The fraction of sp³-hybridized carbons (Fsp3) is 0.714. The number of amides is 1. The second kappa shape index (κ2) is 11.9. The van der Waals surface area contributed by atoms with Gasteiger partial charge >= 0.3 is 11.9 Å². The van der Waals surface area contributed by atoms with Crippen LogP contribution in [0.25, 0.3) is 0 Å². The van der Waals surface area contributed by atoms with Crippen LogP contribution in [0.15, 0.2) is 0 Å². The van der Waals surface area contributed by atoms with Gasteiger partial charge in [0.15, 0.2) is 5.12 Å². The van der Waals surface area contributed by atoms with Crippen LogP contribution in [0.2, 0.25) is 0 Å². The summed E-state index contributed by atoms with van der Waals surface area (Å²) >= 11 is 0.921. The molecule has 0 aromatic carbocycles. The maximum Gasteiger partial charge on any atom is 0.326 e. The number of aliphatic carboxylic acids is 1. The Labute approximate surface area is 139 Å². The summed E-state index contributed by atoms with van der Waals surface area (Å²) in [7, 11) is 0. The van der Waals surface area contributed by atoms with E-state index in [1.807, 2.05) is 0 Å². The van der Waals surface area contributed by atoms with Crippen LogP contribution in [0, 0.1) is 5.92 Å². The molecule has 0 aromatic heterocycles. The topological polar surface area (TPSA) is 136 Å². The van der Waals surface area contributed by atoms with Gasteiger partial charge in [-0.2, -0.15) is 0 Å². The van der Waals surface area contributed by atoms with E-state index in [1.165, 1.54) is 13.8 Å². The van der Waals surface area contributed by atoms with Gasteiger partial charge < -0.3 is 20.9 Å². The molecule has 0 fully saturated rings. The van der Waals surface area contributed by atoms with E-state index < -0.39 is 29.8 Å². The average Bonchev–Trinajstić information content (AvgIpc) is 2.45. The van der Waals surface area contributed by atoms with E-state index >= 15 is 0 Å². The highest BCUT2D eigenvalue weighted by Crippen LogP contribution is 2.12. The number of carboxylic acid groups (broad SMARTS) is 1. The van der Waals surface area contributed by atoms with Crippen LogP contribution in [0.3, 0.4) is 0 Å². The Hall–Kier alpha value is -1.61. The molecule has 0 saturated heterocycles. The average molecular weight is 348 g/mol. The first-order chi connectivity index (χ1) is 10.8. The monoisotopic (exact) mass is 348 g/mol. The molecule has 1 amide bonds. The Morgan fingerprint density at radius 1 is 1.22 bits per heavy atom. The number of unbranched alkanes of at least 4 members (excludes halogenated alkanes) is 1. The molecule has 1 unspecified atom stereocenters. The molecule has 23 heavy (non-hydrogen) atoms. The molecular formula is C14H24N2O6S. The van der Waals surface area contributed by atoms with Crippen LogP contribution < -0.4 is 11.1 Å². The standard InChI is InChI=1S/C14H24N2O6S/c1-9(17)22-7-11(8-23-10(2)18)13(19)16-12(14(20)21)5-3-4-6-15/h11-12H,3-8,15H2,1-2H3,(H,16,19)(H,20,21)/t11?,12-/m0/s1. The first-order valence-electron chi connectivity index (χ1n) is 7.27. The predicted molar refractivity (Wildman–Crippen MR) is 85.7 cm³/mol. The summed E-state index contributed by atoms with van der Waals surface area (Å²) in [6.45, 7) is 2.82. The second-order valence-electron chi connectivity index (χ2n) is 4.99. The van der Waals surface area contributed by atoms with Crippen LogP contribution in [-0.2, 0) is 23.9 Å². The molecule has 9 heteroatoms. The van der Waals surface area contributed by atoms with E-state index in [-0.39, 0.29) is 23.9 Å². The molecular weight excluding hydrogens is 324 g/mol. The number of nitrogens with two attached hydrogens (primary N) is 1. The van der Waals surface area contributed by atoms with Gasteiger partial charge in [-0.3, -0.25) is 14.4 Å². The summed E-state index contributed by atoms with van der Waals surface area (Å²) in [4.78, 5) is 45.3. The minimum Gasteiger partial charge on any atom is -0.480 e. The van der Waals surface area contributed by atoms with E-state index in [1.54, 1.807) is 0 Å². The van der Waals surface area contributed by atoms with Gasteiger partial charge in [0.05, 0.1) is 5.92 Å². The van der Waals surface area contributed by atoms with Crippen LogP contribution in [0.1, 0.15) is 33.1 Å². The van der Waals surface area contributed by atoms with E-state index in [0.717, 1.165) is 11.8 Å². The maximum absolute atomic E-state index is 12.2. The fourth-order valence-electron chi connectivity index (χ4n) is 1.68. The zero-order valence-electron chi connectivity index (χ0n) is 13.4. The van der Waals surface area contributed by atoms with Crippen molar-refractivity contribution in [2.24, 2.45) is 11.7 Å². The van der Waals surface area contributed by atoms with E-state index in [0.29, 0.717) is 19.4 Å². The molecule has 0 heterocycles. The van der Waals surface area contributed by atoms with Crippen LogP contribution in [0.5, 0.6) is 0 Å². The quantitative estimate of drug-likeness (QED) is 0.354. The summed E-state index contributed by atoms with van der Waals surface area (Å²) in [5.41, 5.74) is 5.36. The highest BCUT2D eigenvalue weighted by molar-refractivity contribution is 8.13. The van der Waals surface area contributed by atoms with Gasteiger partial charge in [0.2, 0.25) is 5.91 Å². The van der Waals surface area contributed by atoms with Crippen LogP contribution in [0.4, 0.5) is 0 Å². The van der Waals surface area contributed by atoms with Gasteiger partial charge in [-0.1, -0.05) is 11.8 Å². The minimum atomic E-state index is -1.14. The number of thioether (sulfide) groups is 1. The highest BCUT2D eigenvalue weighted by Gasteiger charge is 2.26. The molecule has 0 aliphatic heterocycles. The summed E-state index contributed by atoms with van der Waals surface area (Å²) in [5, 5.41) is 11.4. The number of hydrogen-bond acceptors (Lipinski definition) is 7. The predicted octanol–water partition coefficient (Wildman–Crippen LogP) is 0.144. The third-order valence-electron chi connectivity index (χ3n) is 2.91. The first kappa shape index (κ1) is 21.4. The smallest absolute Gasteiger partial charge is 0.326 e. The first-order valence-corrected chi connectivity index (χ1v) is 8.26. The zero-order valence-corrected chi connectivity index (χ0v) is 14.2. The van der Waals surface area contributed by atoms with Gasteiger partial charge in [0.25, 0.3) is 0 Å². The molecule has 8 nitrogen and oxygen atoms in total. The lowest BCUT2D eigenvalue weighted by Gasteiger charge is -2.19. The lowest BCUT2D eigenvalue weighted by Crippen LogP contribution is -2.45. The lowest BCUT2D eigenvalue weighted by atomic mass is 10.1. The molecule has 0 saturated carbocycles. The molecule has 2 atom stereocenters. The number of carbonyl (C=O) groups excluding carboxylic acids is 3. The normalized spacial score (nSPS) is 13.0. The molecule has 0 aliphatic carbocycles. The Morgan fingerprint density at radius 3 is 2.35 bits per heavy atom. The summed E-state index contributed by atoms with van der Waals surface area (Å²) in [5.74, 6) is -2.91. The van der Waals surface area contributed by atoms with Crippen molar-refractivity contribution in [3.05, 3.63) is 0 Å². The third-order valence-corrected chi connectivity index (χ3v) is 3.88. The van der Waals surface area contributed by atoms with Gasteiger partial charge in [-0.25, -0.2) is 4.79 Å². The summed E-state index contributed by atoms with van der Waals surface area (Å²) < 4.78 is 4.81. The van der Waals surface area contributed by atoms with E-state index in [9.17, 15) is 19.2 Å². The van der Waals surface area contributed by atoms with Crippen molar-refractivity contribution in [3.8, 4) is 0 Å². The molecule has 4 N–H and O–H groups in total. The third kappa shape index (κ3) is 10.7. The SMILES string of the molecule is CC(=O)OCC(CSC(C)=O)C(=O)N[C@@H](CCCCN)C(=O)O. The lowest BCUT2D eigenvalue weighted by molar-refractivity contribution is -0.146. The number of esters is 1. The van der Waals surface area contributed by atoms with Crippen molar-refractivity contribution in [2.75, 3.05) is 18.9 Å². The molecule has 0 bridgehead atoms. The van der Waals surface area contributed by atoms with Gasteiger partial charge in [0.1, 0.15) is 12.6 Å². The van der Waals surface area contributed by atoms with Crippen molar-refractivity contribution in [2.45, 2.75) is 39.2 Å². The largest absolute Gasteiger partial charge is 0.480 e. The molecule has 0 aliphatic rings. The van der Waals surface area contributed by atoms with Crippen molar-refractivity contribution < 1.29 is 29.0 Å². The van der Waals surface area contributed by atoms with Gasteiger partial charge in [0, 0.05) is 19.6 Å². The summed E-state index contributed by atoms with van der Waals surface area (Å²) in [6.07, 6.45) is 1.50. The van der Waals surface area contributed by atoms with E-state index in [4.69, 9.17) is 15.6 Å². The summed E-state index contributed by atoms with van der Waals surface area (Å²) in [6, 6.07) is -1.03. The minimum absolute atomic E-state index is 0.115. The van der Waals surface area contributed by atoms with Crippen LogP contribution >= 0.6 is 11.8 Å². The second-order valence-corrected chi connectivity index (χ2v) is 6.18. The number of rotatable bonds is 11. The van der Waals surface area contributed by atoms with E-state index in [2.05, 4.69) is 5.32 Å². The molecule has 0 aromatic rings. The Morgan fingerprint density at radius 2 is 1.87 bits per heavy atom. The highest BCUT2D eigenvalue weighted by atomic mass is 32.2. The molecule has 132 valence electrons.